The van der Waals surface area contributed by atoms with Crippen molar-refractivity contribution in [3.63, 3.8) is 0 Å². The molecule has 2 rings (SSSR count). The van der Waals surface area contributed by atoms with Crippen LogP contribution in [0.3, 0.4) is 0 Å². The van der Waals surface area contributed by atoms with Crippen molar-refractivity contribution >= 4 is 12.6 Å². The van der Waals surface area contributed by atoms with Crippen LogP contribution in [-0.2, 0) is 9.47 Å². The largest absolute Gasteiger partial charge is 0.381 e. The highest BCUT2D eigenvalue weighted by Gasteiger charge is 2.33. The van der Waals surface area contributed by atoms with Crippen LogP contribution < -0.4 is 0 Å². The third-order valence-corrected chi connectivity index (χ3v) is 5.20. The van der Waals surface area contributed by atoms with Crippen LogP contribution in [0.1, 0.15) is 45.4 Å². The lowest BCUT2D eigenvalue weighted by atomic mass is 9.82. The molecule has 0 spiro atoms. The topological polar surface area (TPSA) is 18.5 Å². The second-order valence-electron chi connectivity index (χ2n) is 5.88. The zero-order valence-corrected chi connectivity index (χ0v) is 11.9. The summed E-state index contributed by atoms with van der Waals surface area (Å²) in [7, 11) is 0. The van der Waals surface area contributed by atoms with E-state index in [4.69, 9.17) is 9.47 Å². The van der Waals surface area contributed by atoms with Gasteiger partial charge in [0, 0.05) is 18.6 Å². The van der Waals surface area contributed by atoms with Gasteiger partial charge >= 0.3 is 0 Å². The van der Waals surface area contributed by atoms with Crippen molar-refractivity contribution in [2.24, 2.45) is 11.3 Å². The van der Waals surface area contributed by atoms with Gasteiger partial charge in [0.1, 0.15) is 0 Å². The first kappa shape index (κ1) is 13.7. The molecule has 2 atom stereocenters. The van der Waals surface area contributed by atoms with Crippen molar-refractivity contribution in [3.8, 4) is 0 Å². The summed E-state index contributed by atoms with van der Waals surface area (Å²) in [5.74, 6) is 1.66. The quantitative estimate of drug-likeness (QED) is 0.780. The monoisotopic (exact) mass is 258 g/mol. The van der Waals surface area contributed by atoms with Crippen LogP contribution in [-0.4, -0.2) is 31.7 Å². The Morgan fingerprint density at radius 1 is 1.24 bits per heavy atom. The molecule has 1 saturated carbocycles. The first-order valence-corrected chi connectivity index (χ1v) is 7.69. The molecule has 2 unspecified atom stereocenters. The standard InChI is InChI=1S/C14H26O2S/c1-12-4-2-3-5-13(12)16-10-14(11-17)6-8-15-9-7-14/h12-13,17H,2-11H2,1H3. The Bertz CT molecular complexity index is 226. The number of rotatable bonds is 4. The second-order valence-corrected chi connectivity index (χ2v) is 6.20. The molecule has 1 saturated heterocycles. The second kappa shape index (κ2) is 6.44. The summed E-state index contributed by atoms with van der Waals surface area (Å²) in [6.45, 7) is 4.98. The van der Waals surface area contributed by atoms with Gasteiger partial charge in [-0.1, -0.05) is 19.8 Å². The van der Waals surface area contributed by atoms with Crippen LogP contribution in [0, 0.1) is 11.3 Å². The van der Waals surface area contributed by atoms with E-state index in [9.17, 15) is 0 Å². The van der Waals surface area contributed by atoms with Crippen LogP contribution in [0.5, 0.6) is 0 Å². The van der Waals surface area contributed by atoms with Gasteiger partial charge in [0.2, 0.25) is 0 Å². The highest BCUT2D eigenvalue weighted by Crippen LogP contribution is 2.34. The SMILES string of the molecule is CC1CCCCC1OCC1(CS)CCOCC1. The number of thiol groups is 1. The van der Waals surface area contributed by atoms with Crippen LogP contribution >= 0.6 is 12.6 Å². The first-order chi connectivity index (χ1) is 8.26. The summed E-state index contributed by atoms with van der Waals surface area (Å²) in [4.78, 5) is 0. The Labute approximate surface area is 111 Å². The molecule has 1 aliphatic carbocycles. The Morgan fingerprint density at radius 2 is 1.94 bits per heavy atom. The van der Waals surface area contributed by atoms with E-state index in [2.05, 4.69) is 19.6 Å². The van der Waals surface area contributed by atoms with E-state index in [1.165, 1.54) is 25.7 Å². The zero-order valence-electron chi connectivity index (χ0n) is 11.0. The molecular formula is C14H26O2S. The Kier molecular flexibility index (Phi) is 5.19. The fraction of sp³-hybridized carbons (Fsp3) is 1.00. The molecule has 1 heterocycles. The Balaban J connectivity index is 1.82. The molecule has 1 aliphatic heterocycles. The molecule has 0 amide bonds. The van der Waals surface area contributed by atoms with Gasteiger partial charge in [0.05, 0.1) is 12.7 Å². The molecule has 0 aromatic heterocycles. The van der Waals surface area contributed by atoms with E-state index in [1.54, 1.807) is 0 Å². The maximum Gasteiger partial charge on any atom is 0.0600 e. The van der Waals surface area contributed by atoms with Gasteiger partial charge in [0.25, 0.3) is 0 Å². The lowest BCUT2D eigenvalue weighted by Gasteiger charge is -2.38. The molecule has 0 N–H and O–H groups in total. The predicted octanol–water partition coefficient (Wildman–Crippen LogP) is 3.31. The Hall–Kier alpha value is 0.270. The van der Waals surface area contributed by atoms with E-state index in [0.717, 1.165) is 44.3 Å². The predicted molar refractivity (Wildman–Crippen MR) is 73.7 cm³/mol. The van der Waals surface area contributed by atoms with Crippen molar-refractivity contribution in [3.05, 3.63) is 0 Å². The fourth-order valence-electron chi connectivity index (χ4n) is 2.97. The van der Waals surface area contributed by atoms with Gasteiger partial charge in [0.15, 0.2) is 0 Å². The summed E-state index contributed by atoms with van der Waals surface area (Å²) in [6.07, 6.45) is 8.01. The normalized spacial score (nSPS) is 33.5. The molecule has 100 valence electrons. The highest BCUT2D eigenvalue weighted by atomic mass is 32.1. The van der Waals surface area contributed by atoms with Crippen molar-refractivity contribution in [2.75, 3.05) is 25.6 Å². The molecule has 2 aliphatic rings. The van der Waals surface area contributed by atoms with E-state index in [0.29, 0.717) is 6.10 Å². The van der Waals surface area contributed by atoms with E-state index < -0.39 is 0 Å². The molecule has 0 bridgehead atoms. The number of hydrogen-bond acceptors (Lipinski definition) is 3. The van der Waals surface area contributed by atoms with Crippen molar-refractivity contribution in [2.45, 2.75) is 51.6 Å². The van der Waals surface area contributed by atoms with Crippen LogP contribution in [0.15, 0.2) is 0 Å². The van der Waals surface area contributed by atoms with E-state index in [1.807, 2.05) is 0 Å². The molecule has 2 nitrogen and oxygen atoms in total. The molecule has 0 aromatic rings. The average Bonchev–Trinajstić information content (AvgIpc) is 2.39. The fourth-order valence-corrected chi connectivity index (χ4v) is 3.37. The summed E-state index contributed by atoms with van der Waals surface area (Å²) >= 11 is 4.53. The molecule has 2 fully saturated rings. The van der Waals surface area contributed by atoms with Gasteiger partial charge in [-0.15, -0.1) is 0 Å². The van der Waals surface area contributed by atoms with Gasteiger partial charge in [-0.05, 0) is 37.4 Å². The van der Waals surface area contributed by atoms with Crippen molar-refractivity contribution < 1.29 is 9.47 Å². The smallest absolute Gasteiger partial charge is 0.0600 e. The summed E-state index contributed by atoms with van der Waals surface area (Å²) in [5, 5.41) is 0. The zero-order chi connectivity index (χ0) is 12.1. The van der Waals surface area contributed by atoms with Crippen LogP contribution in [0.2, 0.25) is 0 Å². The maximum absolute atomic E-state index is 6.22. The number of ether oxygens (including phenoxy) is 2. The third kappa shape index (κ3) is 3.62. The molecule has 3 heteroatoms. The van der Waals surface area contributed by atoms with Gasteiger partial charge in [-0.25, -0.2) is 0 Å². The van der Waals surface area contributed by atoms with Gasteiger partial charge in [-0.2, -0.15) is 12.6 Å². The lowest BCUT2D eigenvalue weighted by molar-refractivity contribution is -0.0751. The van der Waals surface area contributed by atoms with Gasteiger partial charge in [-0.3, -0.25) is 0 Å². The average molecular weight is 258 g/mol. The van der Waals surface area contributed by atoms with Crippen LogP contribution in [0.25, 0.3) is 0 Å². The molecular weight excluding hydrogens is 232 g/mol. The van der Waals surface area contributed by atoms with Crippen molar-refractivity contribution in [1.82, 2.24) is 0 Å². The lowest BCUT2D eigenvalue weighted by Crippen LogP contribution is -2.38. The number of hydrogen-bond donors (Lipinski definition) is 1. The molecule has 0 aromatic carbocycles. The third-order valence-electron chi connectivity index (χ3n) is 4.53. The van der Waals surface area contributed by atoms with E-state index >= 15 is 0 Å². The maximum atomic E-state index is 6.22. The Morgan fingerprint density at radius 3 is 2.59 bits per heavy atom. The summed E-state index contributed by atoms with van der Waals surface area (Å²) < 4.78 is 11.7. The molecule has 0 radical (unpaired) electrons. The minimum atomic E-state index is 0.276. The summed E-state index contributed by atoms with van der Waals surface area (Å²) in [6, 6.07) is 0. The van der Waals surface area contributed by atoms with Gasteiger partial charge < -0.3 is 9.47 Å². The highest BCUT2D eigenvalue weighted by molar-refractivity contribution is 7.80. The van der Waals surface area contributed by atoms with Crippen molar-refractivity contribution in [1.29, 1.82) is 0 Å². The summed E-state index contributed by atoms with van der Waals surface area (Å²) in [5.41, 5.74) is 0.276. The van der Waals surface area contributed by atoms with Crippen LogP contribution in [0.4, 0.5) is 0 Å². The minimum absolute atomic E-state index is 0.276. The first-order valence-electron chi connectivity index (χ1n) is 7.06. The minimum Gasteiger partial charge on any atom is -0.381 e. The molecule has 17 heavy (non-hydrogen) atoms. The van der Waals surface area contributed by atoms with E-state index in [-0.39, 0.29) is 5.41 Å².